The fraction of sp³-hybridized carbons (Fsp3) is 0.133. The van der Waals surface area contributed by atoms with E-state index in [0.29, 0.717) is 5.56 Å². The molecule has 0 spiro atoms. The number of carbonyl (C=O) groups is 1. The van der Waals surface area contributed by atoms with Gasteiger partial charge < -0.3 is 5.32 Å². The summed E-state index contributed by atoms with van der Waals surface area (Å²) in [4.78, 5) is 12.1. The predicted octanol–water partition coefficient (Wildman–Crippen LogP) is 3.74. The average Bonchev–Trinajstić information content (AvgIpc) is 2.42. The van der Waals surface area contributed by atoms with Crippen LogP contribution in [0.25, 0.3) is 0 Å². The molecule has 2 aromatic carbocycles. The molecule has 104 valence electrons. The summed E-state index contributed by atoms with van der Waals surface area (Å²) in [5.41, 5.74) is 0.675. The molecule has 0 aliphatic carbocycles. The van der Waals surface area contributed by atoms with E-state index in [1.807, 2.05) is 0 Å². The lowest BCUT2D eigenvalue weighted by atomic mass is 10.1. The van der Waals surface area contributed by atoms with E-state index in [1.165, 1.54) is 24.3 Å². The highest BCUT2D eigenvalue weighted by molar-refractivity contribution is 7.80. The fourth-order valence-electron chi connectivity index (χ4n) is 1.84. The molecule has 0 saturated carbocycles. The van der Waals surface area contributed by atoms with Crippen molar-refractivity contribution >= 4 is 18.5 Å². The van der Waals surface area contributed by atoms with Crippen molar-refractivity contribution in [2.75, 3.05) is 0 Å². The van der Waals surface area contributed by atoms with Crippen LogP contribution in [-0.2, 0) is 0 Å². The second-order valence-electron chi connectivity index (χ2n) is 4.38. The highest BCUT2D eigenvalue weighted by Gasteiger charge is 2.15. The molecule has 0 fully saturated rings. The largest absolute Gasteiger partial charge is 0.345 e. The van der Waals surface area contributed by atoms with Crippen molar-refractivity contribution in [3.05, 3.63) is 65.2 Å². The molecule has 0 radical (unpaired) electrons. The molecule has 0 aliphatic rings. The van der Waals surface area contributed by atoms with E-state index in [-0.39, 0.29) is 16.3 Å². The minimum absolute atomic E-state index is 0.0937. The first-order valence-corrected chi connectivity index (χ1v) is 6.47. The zero-order chi connectivity index (χ0) is 14.7. The number of rotatable bonds is 3. The highest BCUT2D eigenvalue weighted by atomic mass is 32.1. The second kappa shape index (κ2) is 6.05. The van der Waals surface area contributed by atoms with Gasteiger partial charge in [-0.15, -0.1) is 12.6 Å². The number of hydrogen-bond acceptors (Lipinski definition) is 2. The number of nitrogens with one attached hydrogen (secondary N) is 1. The lowest BCUT2D eigenvalue weighted by Gasteiger charge is -2.15. The van der Waals surface area contributed by atoms with E-state index >= 15 is 0 Å². The van der Waals surface area contributed by atoms with Crippen molar-refractivity contribution in [1.82, 2.24) is 5.32 Å². The fourth-order valence-corrected chi connectivity index (χ4v) is 2.05. The Balaban J connectivity index is 2.15. The monoisotopic (exact) mass is 293 g/mol. The van der Waals surface area contributed by atoms with E-state index in [1.54, 1.807) is 25.1 Å². The topological polar surface area (TPSA) is 29.1 Å². The van der Waals surface area contributed by atoms with Gasteiger partial charge >= 0.3 is 0 Å². The van der Waals surface area contributed by atoms with Gasteiger partial charge in [-0.1, -0.05) is 18.2 Å². The average molecular weight is 293 g/mol. The van der Waals surface area contributed by atoms with Crippen LogP contribution in [0.1, 0.15) is 28.9 Å². The summed E-state index contributed by atoms with van der Waals surface area (Å²) < 4.78 is 26.7. The van der Waals surface area contributed by atoms with Crippen molar-refractivity contribution in [3.8, 4) is 0 Å². The van der Waals surface area contributed by atoms with Crippen LogP contribution in [0.2, 0.25) is 0 Å². The van der Waals surface area contributed by atoms with Crippen LogP contribution < -0.4 is 5.32 Å². The molecule has 0 aromatic heterocycles. The maximum Gasteiger partial charge on any atom is 0.251 e. The summed E-state index contributed by atoms with van der Waals surface area (Å²) in [5.74, 6) is -1.28. The normalized spacial score (nSPS) is 12.0. The SMILES string of the molecule is CC(NC(=O)c1ccc(F)c(S)c1)c1ccccc1F. The van der Waals surface area contributed by atoms with Gasteiger partial charge in [-0.2, -0.15) is 0 Å². The molecule has 0 heterocycles. The molecule has 0 saturated heterocycles. The van der Waals surface area contributed by atoms with Gasteiger partial charge in [0.1, 0.15) is 11.6 Å². The van der Waals surface area contributed by atoms with Crippen LogP contribution in [0.3, 0.4) is 0 Å². The summed E-state index contributed by atoms with van der Waals surface area (Å²) in [6.45, 7) is 1.68. The van der Waals surface area contributed by atoms with Crippen molar-refractivity contribution in [3.63, 3.8) is 0 Å². The smallest absolute Gasteiger partial charge is 0.251 e. The summed E-state index contributed by atoms with van der Waals surface area (Å²) in [7, 11) is 0. The summed E-state index contributed by atoms with van der Waals surface area (Å²) in [5, 5.41) is 2.66. The van der Waals surface area contributed by atoms with E-state index in [9.17, 15) is 13.6 Å². The quantitative estimate of drug-likeness (QED) is 0.829. The van der Waals surface area contributed by atoms with Gasteiger partial charge in [-0.25, -0.2) is 8.78 Å². The zero-order valence-electron chi connectivity index (χ0n) is 10.7. The number of amides is 1. The van der Waals surface area contributed by atoms with Gasteiger partial charge in [0.25, 0.3) is 5.91 Å². The molecule has 2 nitrogen and oxygen atoms in total. The third-order valence-electron chi connectivity index (χ3n) is 2.93. The van der Waals surface area contributed by atoms with Crippen LogP contribution in [0, 0.1) is 11.6 Å². The molecule has 5 heteroatoms. The number of hydrogen-bond donors (Lipinski definition) is 2. The standard InChI is InChI=1S/C15H13F2NOS/c1-9(11-4-2-3-5-12(11)16)18-15(19)10-6-7-13(17)14(20)8-10/h2-9,20H,1H3,(H,18,19). The Morgan fingerprint density at radius 2 is 1.85 bits per heavy atom. The Morgan fingerprint density at radius 1 is 1.15 bits per heavy atom. The minimum Gasteiger partial charge on any atom is -0.345 e. The Labute approximate surface area is 121 Å². The summed E-state index contributed by atoms with van der Waals surface area (Å²) >= 11 is 3.92. The summed E-state index contributed by atoms with van der Waals surface area (Å²) in [6.07, 6.45) is 0. The van der Waals surface area contributed by atoms with Crippen molar-refractivity contribution in [2.45, 2.75) is 17.9 Å². The molecular weight excluding hydrogens is 280 g/mol. The van der Waals surface area contributed by atoms with Gasteiger partial charge in [0, 0.05) is 16.0 Å². The van der Waals surface area contributed by atoms with Gasteiger partial charge in [0.05, 0.1) is 6.04 Å². The van der Waals surface area contributed by atoms with E-state index in [2.05, 4.69) is 17.9 Å². The van der Waals surface area contributed by atoms with E-state index in [4.69, 9.17) is 0 Å². The van der Waals surface area contributed by atoms with Gasteiger partial charge in [-0.3, -0.25) is 4.79 Å². The molecule has 2 rings (SSSR count). The van der Waals surface area contributed by atoms with Gasteiger partial charge in [0.15, 0.2) is 0 Å². The molecule has 20 heavy (non-hydrogen) atoms. The predicted molar refractivity (Wildman–Crippen MR) is 75.9 cm³/mol. The third kappa shape index (κ3) is 3.17. The number of benzene rings is 2. The lowest BCUT2D eigenvalue weighted by molar-refractivity contribution is 0.0939. The minimum atomic E-state index is -0.493. The number of carbonyl (C=O) groups excluding carboxylic acids is 1. The summed E-state index contributed by atoms with van der Waals surface area (Å²) in [6, 6.07) is 9.60. The third-order valence-corrected chi connectivity index (χ3v) is 3.27. The Bertz CT molecular complexity index is 646. The van der Waals surface area contributed by atoms with Crippen molar-refractivity contribution < 1.29 is 13.6 Å². The first kappa shape index (κ1) is 14.5. The molecule has 1 amide bonds. The van der Waals surface area contributed by atoms with Crippen LogP contribution in [0.15, 0.2) is 47.4 Å². The molecule has 1 N–H and O–H groups in total. The molecule has 0 aliphatic heterocycles. The highest BCUT2D eigenvalue weighted by Crippen LogP contribution is 2.18. The number of halogens is 2. The maximum atomic E-state index is 13.6. The molecule has 1 unspecified atom stereocenters. The van der Waals surface area contributed by atoms with Crippen molar-refractivity contribution in [1.29, 1.82) is 0 Å². The maximum absolute atomic E-state index is 13.6. The number of thiol groups is 1. The Morgan fingerprint density at radius 3 is 2.50 bits per heavy atom. The van der Waals surface area contributed by atoms with Crippen LogP contribution in [-0.4, -0.2) is 5.91 Å². The first-order valence-electron chi connectivity index (χ1n) is 6.03. The van der Waals surface area contributed by atoms with Crippen molar-refractivity contribution in [2.24, 2.45) is 0 Å². The Hall–Kier alpha value is -1.88. The van der Waals surface area contributed by atoms with Crippen LogP contribution in [0.4, 0.5) is 8.78 Å². The second-order valence-corrected chi connectivity index (χ2v) is 4.86. The first-order chi connectivity index (χ1) is 9.49. The lowest BCUT2D eigenvalue weighted by Crippen LogP contribution is -2.27. The molecule has 1 atom stereocenters. The van der Waals surface area contributed by atoms with Gasteiger partial charge in [0.2, 0.25) is 0 Å². The Kier molecular flexibility index (Phi) is 4.39. The molecule has 0 bridgehead atoms. The van der Waals surface area contributed by atoms with E-state index < -0.39 is 17.8 Å². The zero-order valence-corrected chi connectivity index (χ0v) is 11.6. The molecule has 2 aromatic rings. The van der Waals surface area contributed by atoms with Crippen LogP contribution >= 0.6 is 12.6 Å². The van der Waals surface area contributed by atoms with Gasteiger partial charge in [-0.05, 0) is 31.2 Å². The molecular formula is C15H13F2NOS. The van der Waals surface area contributed by atoms with Crippen LogP contribution in [0.5, 0.6) is 0 Å². The van der Waals surface area contributed by atoms with E-state index in [0.717, 1.165) is 0 Å².